The zero-order valence-electron chi connectivity index (χ0n) is 8.00. The molecule has 0 radical (unpaired) electrons. The smallest absolute Gasteiger partial charge is 0.123 e. The number of rotatable bonds is 2. The van der Waals surface area contributed by atoms with E-state index < -0.39 is 0 Å². The Balaban J connectivity index is 1.92. The normalized spacial score (nSPS) is 22.2. The van der Waals surface area contributed by atoms with Crippen LogP contribution < -0.4 is 5.32 Å². The van der Waals surface area contributed by atoms with E-state index in [0.717, 1.165) is 13.1 Å². The molecule has 2 rings (SSSR count). The summed E-state index contributed by atoms with van der Waals surface area (Å²) in [6.07, 6.45) is 2.51. The lowest BCUT2D eigenvalue weighted by atomic mass is 10.2. The van der Waals surface area contributed by atoms with Crippen molar-refractivity contribution >= 4 is 11.8 Å². The van der Waals surface area contributed by atoms with Crippen LogP contribution in [-0.4, -0.2) is 18.3 Å². The molecule has 1 unspecified atom stereocenters. The fourth-order valence-electron chi connectivity index (χ4n) is 1.63. The number of hydrogen-bond acceptors (Lipinski definition) is 2. The first-order valence-electron chi connectivity index (χ1n) is 4.97. The van der Waals surface area contributed by atoms with Gasteiger partial charge in [-0.25, -0.2) is 4.39 Å². The molecule has 0 spiro atoms. The molecule has 76 valence electrons. The van der Waals surface area contributed by atoms with Gasteiger partial charge < -0.3 is 5.32 Å². The highest BCUT2D eigenvalue weighted by atomic mass is 32.2. The molecule has 0 aliphatic carbocycles. The lowest BCUT2D eigenvalue weighted by Gasteiger charge is -2.21. The van der Waals surface area contributed by atoms with E-state index in [4.69, 9.17) is 0 Å². The topological polar surface area (TPSA) is 12.0 Å². The molecule has 1 aromatic carbocycles. The number of benzene rings is 1. The van der Waals surface area contributed by atoms with Crippen LogP contribution in [0.3, 0.4) is 0 Å². The quantitative estimate of drug-likeness (QED) is 0.807. The highest BCUT2D eigenvalue weighted by Crippen LogP contribution is 2.27. The maximum absolute atomic E-state index is 12.6. The Labute approximate surface area is 88.1 Å². The average Bonchev–Trinajstić information content (AvgIpc) is 2.23. The summed E-state index contributed by atoms with van der Waals surface area (Å²) in [5.41, 5.74) is 0. The van der Waals surface area contributed by atoms with Crippen LogP contribution in [0.1, 0.15) is 12.8 Å². The van der Waals surface area contributed by atoms with Crippen molar-refractivity contribution in [3.05, 3.63) is 30.1 Å². The number of nitrogens with one attached hydrogen (secondary N) is 1. The summed E-state index contributed by atoms with van der Waals surface area (Å²) in [6.45, 7) is 2.21. The lowest BCUT2D eigenvalue weighted by molar-refractivity contribution is 0.531. The van der Waals surface area contributed by atoms with Gasteiger partial charge in [0.15, 0.2) is 0 Å². The molecule has 1 saturated heterocycles. The first-order valence-corrected chi connectivity index (χ1v) is 5.85. The second-order valence-corrected chi connectivity index (χ2v) is 4.91. The average molecular weight is 211 g/mol. The summed E-state index contributed by atoms with van der Waals surface area (Å²) in [7, 11) is 0. The van der Waals surface area contributed by atoms with Gasteiger partial charge in [-0.3, -0.25) is 0 Å². The third-order valence-electron chi connectivity index (χ3n) is 2.37. The molecule has 0 amide bonds. The molecular formula is C11H14FNS. The van der Waals surface area contributed by atoms with Crippen molar-refractivity contribution in [2.45, 2.75) is 23.0 Å². The largest absolute Gasteiger partial charge is 0.316 e. The van der Waals surface area contributed by atoms with Gasteiger partial charge in [-0.15, -0.1) is 11.8 Å². The van der Waals surface area contributed by atoms with Crippen LogP contribution in [0.4, 0.5) is 4.39 Å². The fraction of sp³-hybridized carbons (Fsp3) is 0.455. The maximum atomic E-state index is 12.6. The first-order chi connectivity index (χ1) is 6.84. The van der Waals surface area contributed by atoms with E-state index in [2.05, 4.69) is 5.32 Å². The van der Waals surface area contributed by atoms with Crippen molar-refractivity contribution < 1.29 is 4.39 Å². The molecule has 14 heavy (non-hydrogen) atoms. The minimum Gasteiger partial charge on any atom is -0.316 e. The predicted molar refractivity (Wildman–Crippen MR) is 58.1 cm³/mol. The predicted octanol–water partition coefficient (Wildman–Crippen LogP) is 2.67. The van der Waals surface area contributed by atoms with Crippen LogP contribution in [0.5, 0.6) is 0 Å². The van der Waals surface area contributed by atoms with Gasteiger partial charge in [0, 0.05) is 16.7 Å². The first kappa shape index (κ1) is 9.99. The van der Waals surface area contributed by atoms with Crippen molar-refractivity contribution in [3.63, 3.8) is 0 Å². The van der Waals surface area contributed by atoms with E-state index in [1.165, 1.54) is 29.9 Å². The Morgan fingerprint density at radius 1 is 1.29 bits per heavy atom. The number of hydrogen-bond donors (Lipinski definition) is 1. The molecule has 1 atom stereocenters. The lowest BCUT2D eigenvalue weighted by Crippen LogP contribution is -2.31. The van der Waals surface area contributed by atoms with E-state index in [-0.39, 0.29) is 5.82 Å². The molecule has 1 aliphatic rings. The molecule has 3 heteroatoms. The monoisotopic (exact) mass is 211 g/mol. The zero-order valence-corrected chi connectivity index (χ0v) is 8.82. The van der Waals surface area contributed by atoms with Crippen molar-refractivity contribution in [3.8, 4) is 0 Å². The summed E-state index contributed by atoms with van der Waals surface area (Å²) in [5.74, 6) is -0.156. The minimum absolute atomic E-state index is 0.156. The van der Waals surface area contributed by atoms with Gasteiger partial charge in [0.1, 0.15) is 5.82 Å². The standard InChI is InChI=1S/C11H14FNS/c12-9-3-5-10(6-4-9)14-11-2-1-7-13-8-11/h3-6,11,13H,1-2,7-8H2. The third-order valence-corrected chi connectivity index (χ3v) is 3.65. The van der Waals surface area contributed by atoms with Crippen LogP contribution in [0.2, 0.25) is 0 Å². The van der Waals surface area contributed by atoms with Crippen molar-refractivity contribution in [2.75, 3.05) is 13.1 Å². The summed E-state index contributed by atoms with van der Waals surface area (Å²) in [4.78, 5) is 1.17. The molecule has 1 heterocycles. The van der Waals surface area contributed by atoms with E-state index in [0.29, 0.717) is 5.25 Å². The molecule has 0 saturated carbocycles. The van der Waals surface area contributed by atoms with Gasteiger partial charge in [-0.1, -0.05) is 0 Å². The zero-order chi connectivity index (χ0) is 9.80. The van der Waals surface area contributed by atoms with Crippen molar-refractivity contribution in [2.24, 2.45) is 0 Å². The molecular weight excluding hydrogens is 197 g/mol. The van der Waals surface area contributed by atoms with Crippen molar-refractivity contribution in [1.29, 1.82) is 0 Å². The van der Waals surface area contributed by atoms with Gasteiger partial charge >= 0.3 is 0 Å². The molecule has 1 fully saturated rings. The minimum atomic E-state index is -0.156. The Morgan fingerprint density at radius 3 is 2.71 bits per heavy atom. The fourth-order valence-corrected chi connectivity index (χ4v) is 2.79. The SMILES string of the molecule is Fc1ccc(SC2CCCNC2)cc1. The molecule has 0 bridgehead atoms. The van der Waals surface area contributed by atoms with Crippen LogP contribution in [0, 0.1) is 5.82 Å². The number of thioether (sulfide) groups is 1. The Kier molecular flexibility index (Phi) is 3.43. The Hall–Kier alpha value is -0.540. The highest BCUT2D eigenvalue weighted by molar-refractivity contribution is 8.00. The Bertz CT molecular complexity index is 280. The second kappa shape index (κ2) is 4.80. The van der Waals surface area contributed by atoms with Crippen LogP contribution in [0.25, 0.3) is 0 Å². The molecule has 1 N–H and O–H groups in total. The summed E-state index contributed by atoms with van der Waals surface area (Å²) in [6, 6.07) is 6.76. The second-order valence-electron chi connectivity index (χ2n) is 3.54. The molecule has 1 aromatic rings. The van der Waals surface area contributed by atoms with Gasteiger partial charge in [0.05, 0.1) is 0 Å². The number of halogens is 1. The van der Waals surface area contributed by atoms with Crippen LogP contribution >= 0.6 is 11.8 Å². The Morgan fingerprint density at radius 2 is 2.07 bits per heavy atom. The van der Waals surface area contributed by atoms with Gasteiger partial charge in [0.2, 0.25) is 0 Å². The summed E-state index contributed by atoms with van der Waals surface area (Å²) in [5, 5.41) is 4.02. The van der Waals surface area contributed by atoms with Gasteiger partial charge in [-0.2, -0.15) is 0 Å². The molecule has 1 aliphatic heterocycles. The van der Waals surface area contributed by atoms with Gasteiger partial charge in [0.25, 0.3) is 0 Å². The third kappa shape index (κ3) is 2.72. The van der Waals surface area contributed by atoms with Crippen LogP contribution in [0.15, 0.2) is 29.2 Å². The van der Waals surface area contributed by atoms with Crippen molar-refractivity contribution in [1.82, 2.24) is 5.32 Å². The summed E-state index contributed by atoms with van der Waals surface area (Å²) < 4.78 is 12.6. The number of piperidine rings is 1. The van der Waals surface area contributed by atoms with E-state index >= 15 is 0 Å². The molecule has 1 nitrogen and oxygen atoms in total. The van der Waals surface area contributed by atoms with E-state index in [1.807, 2.05) is 23.9 Å². The highest BCUT2D eigenvalue weighted by Gasteiger charge is 2.13. The van der Waals surface area contributed by atoms with Gasteiger partial charge in [-0.05, 0) is 43.7 Å². The maximum Gasteiger partial charge on any atom is 0.123 e. The van der Waals surface area contributed by atoms with E-state index in [1.54, 1.807) is 0 Å². The van der Waals surface area contributed by atoms with E-state index in [9.17, 15) is 4.39 Å². The molecule has 0 aromatic heterocycles. The van der Waals surface area contributed by atoms with Crippen LogP contribution in [-0.2, 0) is 0 Å². The summed E-state index contributed by atoms with van der Waals surface area (Å²) >= 11 is 1.84.